The first-order chi connectivity index (χ1) is 10.0. The summed E-state index contributed by atoms with van der Waals surface area (Å²) in [5, 5.41) is 13.9. The lowest BCUT2D eigenvalue weighted by molar-refractivity contribution is -0.385. The van der Waals surface area contributed by atoms with Crippen LogP contribution in [0.25, 0.3) is 0 Å². The number of aryl methyl sites for hydroxylation is 1. The van der Waals surface area contributed by atoms with Crippen molar-refractivity contribution in [2.45, 2.75) is 38.6 Å². The minimum atomic E-state index is -0.463. The van der Waals surface area contributed by atoms with Crippen LogP contribution in [0.15, 0.2) is 18.2 Å². The molecule has 1 amide bonds. The van der Waals surface area contributed by atoms with Crippen molar-refractivity contribution in [1.82, 2.24) is 5.32 Å². The summed E-state index contributed by atoms with van der Waals surface area (Å²) < 4.78 is 0. The Balaban J connectivity index is 2.13. The normalized spacial score (nSPS) is 21.8. The third kappa shape index (κ3) is 3.58. The van der Waals surface area contributed by atoms with Crippen molar-refractivity contribution < 1.29 is 9.72 Å². The van der Waals surface area contributed by atoms with Gasteiger partial charge in [-0.15, -0.1) is 0 Å². The number of carbonyl (C=O) groups is 1. The number of benzene rings is 1. The summed E-state index contributed by atoms with van der Waals surface area (Å²) in [7, 11) is 0. The van der Waals surface area contributed by atoms with Crippen LogP contribution >= 0.6 is 0 Å². The second-order valence-corrected chi connectivity index (χ2v) is 5.62. The molecule has 0 bridgehead atoms. The Morgan fingerprint density at radius 2 is 2.14 bits per heavy atom. The molecule has 0 saturated heterocycles. The number of nitro benzene ring substituents is 1. The molecule has 2 atom stereocenters. The second-order valence-electron chi connectivity index (χ2n) is 5.62. The third-order valence-corrected chi connectivity index (χ3v) is 4.20. The maximum absolute atomic E-state index is 12.3. The highest BCUT2D eigenvalue weighted by Crippen LogP contribution is 2.24. The van der Waals surface area contributed by atoms with Crippen LogP contribution in [-0.4, -0.2) is 23.4 Å². The van der Waals surface area contributed by atoms with E-state index in [0.717, 1.165) is 25.7 Å². The van der Waals surface area contributed by atoms with Gasteiger partial charge in [-0.25, -0.2) is 0 Å². The smallest absolute Gasteiger partial charge is 0.273 e. The van der Waals surface area contributed by atoms with E-state index in [-0.39, 0.29) is 17.6 Å². The van der Waals surface area contributed by atoms with Crippen molar-refractivity contribution in [3.05, 3.63) is 39.4 Å². The van der Waals surface area contributed by atoms with E-state index in [9.17, 15) is 14.9 Å². The first kappa shape index (κ1) is 15.4. The molecule has 1 fully saturated rings. The van der Waals surface area contributed by atoms with Gasteiger partial charge in [-0.1, -0.05) is 18.9 Å². The molecule has 0 heterocycles. The minimum Gasteiger partial charge on any atom is -0.349 e. The zero-order valence-corrected chi connectivity index (χ0v) is 12.2. The fraction of sp³-hybridized carbons (Fsp3) is 0.533. The fourth-order valence-corrected chi connectivity index (χ4v) is 2.88. The van der Waals surface area contributed by atoms with Crippen LogP contribution in [0.3, 0.4) is 0 Å². The van der Waals surface area contributed by atoms with Crippen LogP contribution in [0.2, 0.25) is 0 Å². The Morgan fingerprint density at radius 1 is 1.43 bits per heavy atom. The molecule has 1 aromatic carbocycles. The number of nitrogens with zero attached hydrogens (tertiary/aromatic N) is 1. The van der Waals surface area contributed by atoms with Gasteiger partial charge in [0.25, 0.3) is 11.6 Å². The van der Waals surface area contributed by atoms with Gasteiger partial charge < -0.3 is 11.1 Å². The number of amides is 1. The number of rotatable bonds is 4. The van der Waals surface area contributed by atoms with Gasteiger partial charge in [0.05, 0.1) is 4.92 Å². The SMILES string of the molecule is Cc1ccc(C(=O)NC2CCCCC2CN)cc1[N+](=O)[O-]. The molecule has 0 aliphatic heterocycles. The summed E-state index contributed by atoms with van der Waals surface area (Å²) >= 11 is 0. The Kier molecular flexibility index (Phi) is 4.90. The van der Waals surface area contributed by atoms with Gasteiger partial charge in [0, 0.05) is 23.2 Å². The molecule has 2 rings (SSSR count). The van der Waals surface area contributed by atoms with E-state index in [1.807, 2.05) is 0 Å². The minimum absolute atomic E-state index is 0.0262. The maximum Gasteiger partial charge on any atom is 0.273 e. The summed E-state index contributed by atoms with van der Waals surface area (Å²) in [6, 6.07) is 4.63. The molecule has 1 aliphatic carbocycles. The van der Waals surface area contributed by atoms with E-state index in [1.54, 1.807) is 19.1 Å². The summed E-state index contributed by atoms with van der Waals surface area (Å²) in [6.45, 7) is 2.21. The van der Waals surface area contributed by atoms with Crippen molar-refractivity contribution in [3.8, 4) is 0 Å². The first-order valence-corrected chi connectivity index (χ1v) is 7.29. The van der Waals surface area contributed by atoms with Gasteiger partial charge in [0.2, 0.25) is 0 Å². The molecule has 3 N–H and O–H groups in total. The van der Waals surface area contributed by atoms with E-state index < -0.39 is 4.92 Å². The van der Waals surface area contributed by atoms with E-state index in [4.69, 9.17) is 5.73 Å². The van der Waals surface area contributed by atoms with Gasteiger partial charge in [-0.3, -0.25) is 14.9 Å². The van der Waals surface area contributed by atoms with E-state index in [1.165, 1.54) is 6.07 Å². The number of carbonyl (C=O) groups excluding carboxylic acids is 1. The highest BCUT2D eigenvalue weighted by Gasteiger charge is 2.26. The van der Waals surface area contributed by atoms with Crippen LogP contribution < -0.4 is 11.1 Å². The van der Waals surface area contributed by atoms with Crippen LogP contribution in [0.4, 0.5) is 5.69 Å². The Hall–Kier alpha value is -1.95. The number of nitrogens with two attached hydrogens (primary N) is 1. The summed E-state index contributed by atoms with van der Waals surface area (Å²) in [5.74, 6) is 0.0339. The van der Waals surface area contributed by atoms with Crippen LogP contribution in [0.1, 0.15) is 41.6 Å². The number of hydrogen-bond donors (Lipinski definition) is 2. The molecular formula is C15H21N3O3. The maximum atomic E-state index is 12.3. The summed E-state index contributed by atoms with van der Waals surface area (Å²) in [5.41, 5.74) is 6.60. The summed E-state index contributed by atoms with van der Waals surface area (Å²) in [4.78, 5) is 22.8. The topological polar surface area (TPSA) is 98.3 Å². The predicted octanol–water partition coefficient (Wildman–Crippen LogP) is 2.15. The van der Waals surface area contributed by atoms with E-state index in [0.29, 0.717) is 23.6 Å². The molecule has 2 unspecified atom stereocenters. The molecule has 6 nitrogen and oxygen atoms in total. The lowest BCUT2D eigenvalue weighted by Gasteiger charge is -2.31. The summed E-state index contributed by atoms with van der Waals surface area (Å²) in [6.07, 6.45) is 4.16. The van der Waals surface area contributed by atoms with Crippen LogP contribution in [-0.2, 0) is 0 Å². The molecule has 1 aromatic rings. The van der Waals surface area contributed by atoms with Gasteiger partial charge >= 0.3 is 0 Å². The number of nitro groups is 1. The van der Waals surface area contributed by atoms with Gasteiger partial charge in [0.1, 0.15) is 0 Å². The van der Waals surface area contributed by atoms with Gasteiger partial charge in [-0.2, -0.15) is 0 Å². The molecular weight excluding hydrogens is 270 g/mol. The number of hydrogen-bond acceptors (Lipinski definition) is 4. The van der Waals surface area contributed by atoms with Crippen molar-refractivity contribution in [1.29, 1.82) is 0 Å². The van der Waals surface area contributed by atoms with E-state index >= 15 is 0 Å². The quantitative estimate of drug-likeness (QED) is 0.656. The van der Waals surface area contributed by atoms with Crippen LogP contribution in [0.5, 0.6) is 0 Å². The molecule has 6 heteroatoms. The van der Waals surface area contributed by atoms with E-state index in [2.05, 4.69) is 5.32 Å². The standard InChI is InChI=1S/C15H21N3O3/c1-10-6-7-11(8-14(10)18(20)21)15(19)17-13-5-3-2-4-12(13)9-16/h6-8,12-13H,2-5,9,16H2,1H3,(H,17,19). The first-order valence-electron chi connectivity index (χ1n) is 7.29. The molecule has 1 saturated carbocycles. The molecule has 1 aliphatic rings. The molecule has 114 valence electrons. The van der Waals surface area contributed by atoms with Gasteiger partial charge in [0.15, 0.2) is 0 Å². The Morgan fingerprint density at radius 3 is 2.81 bits per heavy atom. The largest absolute Gasteiger partial charge is 0.349 e. The van der Waals surface area contributed by atoms with Crippen molar-refractivity contribution in [3.63, 3.8) is 0 Å². The monoisotopic (exact) mass is 291 g/mol. The fourth-order valence-electron chi connectivity index (χ4n) is 2.88. The highest BCUT2D eigenvalue weighted by atomic mass is 16.6. The van der Waals surface area contributed by atoms with Crippen molar-refractivity contribution in [2.24, 2.45) is 11.7 Å². The lowest BCUT2D eigenvalue weighted by Crippen LogP contribution is -2.44. The Labute approximate surface area is 123 Å². The number of nitrogens with one attached hydrogen (secondary N) is 1. The lowest BCUT2D eigenvalue weighted by atomic mass is 9.84. The predicted molar refractivity (Wildman–Crippen MR) is 80.1 cm³/mol. The second kappa shape index (κ2) is 6.67. The molecule has 0 radical (unpaired) electrons. The van der Waals surface area contributed by atoms with Gasteiger partial charge in [-0.05, 0) is 38.3 Å². The van der Waals surface area contributed by atoms with Crippen molar-refractivity contribution >= 4 is 11.6 Å². The van der Waals surface area contributed by atoms with Crippen molar-refractivity contribution in [2.75, 3.05) is 6.54 Å². The molecule has 0 aromatic heterocycles. The average molecular weight is 291 g/mol. The average Bonchev–Trinajstić information content (AvgIpc) is 2.47. The zero-order valence-electron chi connectivity index (χ0n) is 12.2. The molecule has 21 heavy (non-hydrogen) atoms. The Bertz CT molecular complexity index is 545. The highest BCUT2D eigenvalue weighted by molar-refractivity contribution is 5.95. The third-order valence-electron chi connectivity index (χ3n) is 4.20. The van der Waals surface area contributed by atoms with Crippen LogP contribution in [0, 0.1) is 23.0 Å². The molecule has 0 spiro atoms. The zero-order chi connectivity index (χ0) is 15.4.